The molecule has 1 fully saturated rings. The zero-order chi connectivity index (χ0) is 19.3. The van der Waals surface area contributed by atoms with E-state index in [-0.39, 0.29) is 18.5 Å². The van der Waals surface area contributed by atoms with Crippen molar-refractivity contribution in [2.45, 2.75) is 25.4 Å². The molecule has 0 bridgehead atoms. The van der Waals surface area contributed by atoms with Crippen LogP contribution in [0.5, 0.6) is 0 Å². The molecule has 0 N–H and O–H groups in total. The molecule has 0 aliphatic carbocycles. The van der Waals surface area contributed by atoms with Gasteiger partial charge in [-0.1, -0.05) is 48.5 Å². The standard InChI is InChI=1S/C23H25N3O2/c1-25-14-12-21(13-15-25)28-22(27)16-19-17-24-26(20-10-6-3-7-11-20)23(19)18-8-4-2-5-9-18/h2-11,17,21H,12-16H2,1H3. The maximum Gasteiger partial charge on any atom is 0.310 e. The molecule has 0 saturated carbocycles. The Labute approximate surface area is 165 Å². The van der Waals surface area contributed by atoms with Gasteiger partial charge >= 0.3 is 5.97 Å². The summed E-state index contributed by atoms with van der Waals surface area (Å²) in [5, 5.41) is 4.57. The van der Waals surface area contributed by atoms with Crippen molar-refractivity contribution in [3.05, 3.63) is 72.4 Å². The largest absolute Gasteiger partial charge is 0.462 e. The molecule has 1 aromatic heterocycles. The summed E-state index contributed by atoms with van der Waals surface area (Å²) < 4.78 is 7.64. The summed E-state index contributed by atoms with van der Waals surface area (Å²) in [6, 6.07) is 20.1. The smallest absolute Gasteiger partial charge is 0.310 e. The van der Waals surface area contributed by atoms with E-state index in [0.717, 1.165) is 48.4 Å². The molecule has 2 heterocycles. The number of nitrogens with zero attached hydrogens (tertiary/aromatic N) is 3. The minimum Gasteiger partial charge on any atom is -0.462 e. The van der Waals surface area contributed by atoms with E-state index in [0.29, 0.717) is 0 Å². The zero-order valence-corrected chi connectivity index (χ0v) is 16.1. The molecule has 1 saturated heterocycles. The fraction of sp³-hybridized carbons (Fsp3) is 0.304. The maximum atomic E-state index is 12.6. The van der Waals surface area contributed by atoms with E-state index in [1.54, 1.807) is 6.20 Å². The fourth-order valence-electron chi connectivity index (χ4n) is 3.67. The third-order valence-electron chi connectivity index (χ3n) is 5.19. The molecule has 5 heteroatoms. The number of ether oxygens (including phenoxy) is 1. The van der Waals surface area contributed by atoms with Gasteiger partial charge in [-0.3, -0.25) is 4.79 Å². The maximum absolute atomic E-state index is 12.6. The van der Waals surface area contributed by atoms with Crippen LogP contribution in [0.4, 0.5) is 0 Å². The first-order valence-corrected chi connectivity index (χ1v) is 9.76. The number of carbonyl (C=O) groups excluding carboxylic acids is 1. The Morgan fingerprint density at radius 2 is 1.68 bits per heavy atom. The van der Waals surface area contributed by atoms with Gasteiger partial charge in [-0.2, -0.15) is 5.10 Å². The summed E-state index contributed by atoms with van der Waals surface area (Å²) >= 11 is 0. The second-order valence-corrected chi connectivity index (χ2v) is 7.30. The van der Waals surface area contributed by atoms with Crippen LogP contribution in [0.25, 0.3) is 16.9 Å². The molecule has 0 amide bonds. The summed E-state index contributed by atoms with van der Waals surface area (Å²) in [7, 11) is 2.10. The number of aromatic nitrogens is 2. The predicted octanol–water partition coefficient (Wildman–Crippen LogP) is 3.72. The van der Waals surface area contributed by atoms with Crippen molar-refractivity contribution >= 4 is 5.97 Å². The van der Waals surface area contributed by atoms with E-state index in [1.807, 2.05) is 65.3 Å². The lowest BCUT2D eigenvalue weighted by molar-refractivity contribution is -0.150. The van der Waals surface area contributed by atoms with Crippen molar-refractivity contribution in [3.63, 3.8) is 0 Å². The molecule has 4 rings (SSSR count). The Kier molecular flexibility index (Phi) is 5.53. The second kappa shape index (κ2) is 8.40. The topological polar surface area (TPSA) is 47.4 Å². The average Bonchev–Trinajstić information content (AvgIpc) is 3.14. The molecular weight excluding hydrogens is 350 g/mol. The van der Waals surface area contributed by atoms with Crippen molar-refractivity contribution in [2.24, 2.45) is 0 Å². The Morgan fingerprint density at radius 1 is 1.04 bits per heavy atom. The first-order valence-electron chi connectivity index (χ1n) is 9.76. The number of para-hydroxylation sites is 1. The van der Waals surface area contributed by atoms with Crippen LogP contribution in [0.2, 0.25) is 0 Å². The van der Waals surface area contributed by atoms with Crippen molar-refractivity contribution in [3.8, 4) is 16.9 Å². The summed E-state index contributed by atoms with van der Waals surface area (Å²) in [6.07, 6.45) is 3.83. The van der Waals surface area contributed by atoms with Gasteiger partial charge in [0, 0.05) is 24.2 Å². The van der Waals surface area contributed by atoms with Crippen molar-refractivity contribution in [2.75, 3.05) is 20.1 Å². The minimum atomic E-state index is -0.181. The first-order chi connectivity index (χ1) is 13.7. The van der Waals surface area contributed by atoms with E-state index in [9.17, 15) is 4.79 Å². The monoisotopic (exact) mass is 375 g/mol. The van der Waals surface area contributed by atoms with E-state index in [1.165, 1.54) is 0 Å². The third-order valence-corrected chi connectivity index (χ3v) is 5.19. The molecule has 28 heavy (non-hydrogen) atoms. The van der Waals surface area contributed by atoms with E-state index in [2.05, 4.69) is 17.0 Å². The Morgan fingerprint density at radius 3 is 2.36 bits per heavy atom. The van der Waals surface area contributed by atoms with Gasteiger partial charge in [0.25, 0.3) is 0 Å². The van der Waals surface area contributed by atoms with Crippen LogP contribution in [0.15, 0.2) is 66.9 Å². The van der Waals surface area contributed by atoms with Gasteiger partial charge < -0.3 is 9.64 Å². The molecule has 144 valence electrons. The van der Waals surface area contributed by atoms with Crippen LogP contribution in [0, 0.1) is 0 Å². The number of rotatable bonds is 5. The molecular formula is C23H25N3O2. The van der Waals surface area contributed by atoms with E-state index in [4.69, 9.17) is 4.74 Å². The summed E-state index contributed by atoms with van der Waals surface area (Å²) in [5.41, 5.74) is 3.82. The number of likely N-dealkylation sites (tertiary alicyclic amines) is 1. The third kappa shape index (κ3) is 4.15. The van der Waals surface area contributed by atoms with Gasteiger partial charge in [0.15, 0.2) is 0 Å². The Hall–Kier alpha value is -2.92. The highest BCUT2D eigenvalue weighted by Crippen LogP contribution is 2.27. The lowest BCUT2D eigenvalue weighted by Crippen LogP contribution is -2.35. The van der Waals surface area contributed by atoms with Crippen molar-refractivity contribution in [1.29, 1.82) is 0 Å². The quantitative estimate of drug-likeness (QED) is 0.638. The van der Waals surface area contributed by atoms with E-state index < -0.39 is 0 Å². The molecule has 1 aliphatic heterocycles. The number of hydrogen-bond donors (Lipinski definition) is 0. The highest BCUT2D eigenvalue weighted by molar-refractivity contribution is 5.77. The van der Waals surface area contributed by atoms with Crippen LogP contribution in [-0.4, -0.2) is 46.9 Å². The number of hydrogen-bond acceptors (Lipinski definition) is 4. The summed E-state index contributed by atoms with van der Waals surface area (Å²) in [5.74, 6) is -0.181. The normalized spacial score (nSPS) is 15.5. The number of carbonyl (C=O) groups is 1. The lowest BCUT2D eigenvalue weighted by atomic mass is 10.1. The molecule has 3 aromatic rings. The van der Waals surface area contributed by atoms with E-state index >= 15 is 0 Å². The SMILES string of the molecule is CN1CCC(OC(=O)Cc2cnn(-c3ccccc3)c2-c2ccccc2)CC1. The highest BCUT2D eigenvalue weighted by atomic mass is 16.5. The fourth-order valence-corrected chi connectivity index (χ4v) is 3.67. The number of benzene rings is 2. The zero-order valence-electron chi connectivity index (χ0n) is 16.1. The Bertz CT molecular complexity index is 914. The molecule has 0 unspecified atom stereocenters. The van der Waals surface area contributed by atoms with Gasteiger partial charge in [-0.25, -0.2) is 4.68 Å². The highest BCUT2D eigenvalue weighted by Gasteiger charge is 2.22. The first kappa shape index (κ1) is 18.4. The Balaban J connectivity index is 1.58. The second-order valence-electron chi connectivity index (χ2n) is 7.30. The molecule has 0 atom stereocenters. The van der Waals surface area contributed by atoms with Crippen LogP contribution < -0.4 is 0 Å². The molecule has 0 radical (unpaired) electrons. The summed E-state index contributed by atoms with van der Waals surface area (Å²) in [4.78, 5) is 14.9. The van der Waals surface area contributed by atoms with Gasteiger partial charge in [0.05, 0.1) is 24.0 Å². The van der Waals surface area contributed by atoms with Crippen LogP contribution >= 0.6 is 0 Å². The number of esters is 1. The van der Waals surface area contributed by atoms with Crippen LogP contribution in [0.3, 0.4) is 0 Å². The average molecular weight is 375 g/mol. The van der Waals surface area contributed by atoms with Crippen molar-refractivity contribution < 1.29 is 9.53 Å². The number of piperidine rings is 1. The minimum absolute atomic E-state index is 0.0213. The summed E-state index contributed by atoms with van der Waals surface area (Å²) in [6.45, 7) is 1.94. The molecule has 1 aliphatic rings. The molecule has 5 nitrogen and oxygen atoms in total. The molecule has 2 aromatic carbocycles. The molecule has 0 spiro atoms. The predicted molar refractivity (Wildman–Crippen MR) is 109 cm³/mol. The van der Waals surface area contributed by atoms with Gasteiger partial charge in [-0.15, -0.1) is 0 Å². The lowest BCUT2D eigenvalue weighted by Gasteiger charge is -2.28. The van der Waals surface area contributed by atoms with Crippen LogP contribution in [0.1, 0.15) is 18.4 Å². The van der Waals surface area contributed by atoms with Gasteiger partial charge in [-0.05, 0) is 32.0 Å². The van der Waals surface area contributed by atoms with Gasteiger partial charge in [0.1, 0.15) is 6.10 Å². The van der Waals surface area contributed by atoms with Gasteiger partial charge in [0.2, 0.25) is 0 Å². The van der Waals surface area contributed by atoms with Crippen LogP contribution in [-0.2, 0) is 16.0 Å². The van der Waals surface area contributed by atoms with Crippen molar-refractivity contribution in [1.82, 2.24) is 14.7 Å².